The molecule has 0 saturated heterocycles. The van der Waals surface area contributed by atoms with Crippen molar-refractivity contribution >= 4 is 5.69 Å². The molecule has 0 bridgehead atoms. The maximum absolute atomic E-state index is 5.81. The normalized spacial score (nSPS) is 12.9. The zero-order valence-electron chi connectivity index (χ0n) is 9.37. The SMILES string of the molecule is Cc1cc(N)ccc1OC(C)C(C)C. The highest BCUT2D eigenvalue weighted by Gasteiger charge is 2.09. The lowest BCUT2D eigenvalue weighted by Gasteiger charge is -2.19. The Kier molecular flexibility index (Phi) is 3.39. The van der Waals surface area contributed by atoms with Gasteiger partial charge in [0.15, 0.2) is 0 Å². The van der Waals surface area contributed by atoms with Gasteiger partial charge in [-0.25, -0.2) is 0 Å². The van der Waals surface area contributed by atoms with Gasteiger partial charge in [-0.05, 0) is 43.5 Å². The summed E-state index contributed by atoms with van der Waals surface area (Å²) in [7, 11) is 0. The second-order valence-corrected chi connectivity index (χ2v) is 4.09. The van der Waals surface area contributed by atoms with Crippen molar-refractivity contribution < 1.29 is 4.74 Å². The van der Waals surface area contributed by atoms with Crippen LogP contribution in [-0.4, -0.2) is 6.10 Å². The van der Waals surface area contributed by atoms with E-state index in [1.807, 2.05) is 25.1 Å². The zero-order chi connectivity index (χ0) is 10.7. The third-order valence-corrected chi connectivity index (χ3v) is 2.45. The van der Waals surface area contributed by atoms with Crippen molar-refractivity contribution in [3.05, 3.63) is 23.8 Å². The molecule has 1 aromatic rings. The molecule has 0 radical (unpaired) electrons. The van der Waals surface area contributed by atoms with Crippen LogP contribution >= 0.6 is 0 Å². The lowest BCUT2D eigenvalue weighted by atomic mass is 10.1. The summed E-state index contributed by atoms with van der Waals surface area (Å²) in [5.74, 6) is 1.45. The smallest absolute Gasteiger partial charge is 0.122 e. The van der Waals surface area contributed by atoms with E-state index in [4.69, 9.17) is 10.5 Å². The maximum Gasteiger partial charge on any atom is 0.122 e. The first-order valence-corrected chi connectivity index (χ1v) is 5.03. The molecule has 0 aliphatic heterocycles. The molecule has 0 saturated carbocycles. The van der Waals surface area contributed by atoms with Gasteiger partial charge in [0, 0.05) is 5.69 Å². The number of aryl methyl sites for hydroxylation is 1. The van der Waals surface area contributed by atoms with Crippen molar-refractivity contribution in [3.8, 4) is 5.75 Å². The number of hydrogen-bond donors (Lipinski definition) is 1. The van der Waals surface area contributed by atoms with E-state index < -0.39 is 0 Å². The molecule has 0 aliphatic rings. The summed E-state index contributed by atoms with van der Waals surface area (Å²) in [6.07, 6.45) is 0.234. The van der Waals surface area contributed by atoms with Crippen molar-refractivity contribution in [2.75, 3.05) is 5.73 Å². The van der Waals surface area contributed by atoms with Gasteiger partial charge in [-0.2, -0.15) is 0 Å². The molecule has 78 valence electrons. The number of rotatable bonds is 3. The summed E-state index contributed by atoms with van der Waals surface area (Å²) < 4.78 is 5.81. The molecule has 0 spiro atoms. The van der Waals surface area contributed by atoms with Gasteiger partial charge >= 0.3 is 0 Å². The minimum absolute atomic E-state index is 0.234. The standard InChI is InChI=1S/C12H19NO/c1-8(2)10(4)14-12-6-5-11(13)7-9(12)3/h5-8,10H,13H2,1-4H3. The molecule has 0 aromatic heterocycles. The van der Waals surface area contributed by atoms with Crippen LogP contribution in [0, 0.1) is 12.8 Å². The Morgan fingerprint density at radius 2 is 1.86 bits per heavy atom. The molecule has 0 heterocycles. The molecule has 2 heteroatoms. The Morgan fingerprint density at radius 3 is 2.36 bits per heavy atom. The maximum atomic E-state index is 5.81. The van der Waals surface area contributed by atoms with Crippen LogP contribution in [0.2, 0.25) is 0 Å². The zero-order valence-corrected chi connectivity index (χ0v) is 9.37. The third kappa shape index (κ3) is 2.66. The van der Waals surface area contributed by atoms with Crippen molar-refractivity contribution in [2.45, 2.75) is 33.8 Å². The Bertz CT molecular complexity index is 307. The van der Waals surface area contributed by atoms with Gasteiger partial charge in [-0.3, -0.25) is 0 Å². The van der Waals surface area contributed by atoms with Crippen molar-refractivity contribution in [2.24, 2.45) is 5.92 Å². The van der Waals surface area contributed by atoms with E-state index in [1.54, 1.807) is 0 Å². The minimum atomic E-state index is 0.234. The molecule has 2 nitrogen and oxygen atoms in total. The molecule has 1 aromatic carbocycles. The Balaban J connectivity index is 2.77. The van der Waals surface area contributed by atoms with Gasteiger partial charge in [0.05, 0.1) is 6.10 Å². The van der Waals surface area contributed by atoms with Crippen LogP contribution < -0.4 is 10.5 Å². The molecule has 2 N–H and O–H groups in total. The summed E-state index contributed by atoms with van der Waals surface area (Å²) >= 11 is 0. The minimum Gasteiger partial charge on any atom is -0.490 e. The first-order valence-electron chi connectivity index (χ1n) is 5.03. The molecule has 0 aliphatic carbocycles. The second-order valence-electron chi connectivity index (χ2n) is 4.09. The number of nitrogen functional groups attached to an aromatic ring is 1. The highest BCUT2D eigenvalue weighted by Crippen LogP contribution is 2.22. The lowest BCUT2D eigenvalue weighted by Crippen LogP contribution is -2.19. The number of hydrogen-bond acceptors (Lipinski definition) is 2. The topological polar surface area (TPSA) is 35.2 Å². The van der Waals surface area contributed by atoms with E-state index in [-0.39, 0.29) is 6.10 Å². The van der Waals surface area contributed by atoms with Crippen LogP contribution in [0.4, 0.5) is 5.69 Å². The summed E-state index contributed by atoms with van der Waals surface area (Å²) in [4.78, 5) is 0. The van der Waals surface area contributed by atoms with Gasteiger partial charge in [0.2, 0.25) is 0 Å². The molecular formula is C12H19NO. The van der Waals surface area contributed by atoms with Crippen LogP contribution in [0.3, 0.4) is 0 Å². The number of anilines is 1. The number of ether oxygens (including phenoxy) is 1. The predicted molar refractivity (Wildman–Crippen MR) is 60.5 cm³/mol. The van der Waals surface area contributed by atoms with E-state index in [2.05, 4.69) is 20.8 Å². The summed E-state index contributed by atoms with van der Waals surface area (Å²) in [5.41, 5.74) is 7.54. The van der Waals surface area contributed by atoms with Gasteiger partial charge in [-0.15, -0.1) is 0 Å². The summed E-state index contributed by atoms with van der Waals surface area (Å²) in [5, 5.41) is 0. The highest BCUT2D eigenvalue weighted by molar-refractivity contribution is 5.47. The average Bonchev–Trinajstić information content (AvgIpc) is 2.09. The van der Waals surface area contributed by atoms with Crippen molar-refractivity contribution in [1.29, 1.82) is 0 Å². The summed E-state index contributed by atoms with van der Waals surface area (Å²) in [6.45, 7) is 8.40. The first-order chi connectivity index (χ1) is 6.50. The second kappa shape index (κ2) is 4.36. The third-order valence-electron chi connectivity index (χ3n) is 2.45. The Morgan fingerprint density at radius 1 is 1.21 bits per heavy atom. The van der Waals surface area contributed by atoms with Crippen molar-refractivity contribution in [3.63, 3.8) is 0 Å². The first kappa shape index (κ1) is 10.9. The monoisotopic (exact) mass is 193 g/mol. The van der Waals surface area contributed by atoms with Crippen LogP contribution in [0.1, 0.15) is 26.3 Å². The average molecular weight is 193 g/mol. The molecule has 0 amide bonds. The van der Waals surface area contributed by atoms with E-state index in [0.29, 0.717) is 5.92 Å². The molecule has 14 heavy (non-hydrogen) atoms. The van der Waals surface area contributed by atoms with Crippen molar-refractivity contribution in [1.82, 2.24) is 0 Å². The number of nitrogens with two attached hydrogens (primary N) is 1. The summed E-state index contributed by atoms with van der Waals surface area (Å²) in [6, 6.07) is 5.74. The Hall–Kier alpha value is -1.18. The fraction of sp³-hybridized carbons (Fsp3) is 0.500. The number of benzene rings is 1. The largest absolute Gasteiger partial charge is 0.490 e. The molecule has 1 atom stereocenters. The fourth-order valence-corrected chi connectivity index (χ4v) is 1.14. The molecule has 1 unspecified atom stereocenters. The van der Waals surface area contributed by atoms with Crippen LogP contribution in [0.5, 0.6) is 5.75 Å². The van der Waals surface area contributed by atoms with E-state index >= 15 is 0 Å². The lowest BCUT2D eigenvalue weighted by molar-refractivity contribution is 0.169. The van der Waals surface area contributed by atoms with E-state index in [0.717, 1.165) is 17.0 Å². The highest BCUT2D eigenvalue weighted by atomic mass is 16.5. The van der Waals surface area contributed by atoms with Gasteiger partial charge in [0.1, 0.15) is 5.75 Å². The van der Waals surface area contributed by atoms with Crippen LogP contribution in [0.25, 0.3) is 0 Å². The van der Waals surface area contributed by atoms with Gasteiger partial charge in [0.25, 0.3) is 0 Å². The van der Waals surface area contributed by atoms with Crippen LogP contribution in [0.15, 0.2) is 18.2 Å². The van der Waals surface area contributed by atoms with Gasteiger partial charge in [-0.1, -0.05) is 13.8 Å². The van der Waals surface area contributed by atoms with Gasteiger partial charge < -0.3 is 10.5 Å². The van der Waals surface area contributed by atoms with E-state index in [1.165, 1.54) is 0 Å². The molecular weight excluding hydrogens is 174 g/mol. The quantitative estimate of drug-likeness (QED) is 0.749. The fourth-order valence-electron chi connectivity index (χ4n) is 1.14. The predicted octanol–water partition coefficient (Wildman–Crippen LogP) is 3.00. The molecule has 0 fully saturated rings. The molecule has 1 rings (SSSR count). The van der Waals surface area contributed by atoms with Crippen LogP contribution in [-0.2, 0) is 0 Å². The van der Waals surface area contributed by atoms with E-state index in [9.17, 15) is 0 Å². The Labute approximate surface area is 86.1 Å².